The molecule has 0 saturated carbocycles. The molecule has 0 aromatic heterocycles. The summed E-state index contributed by atoms with van der Waals surface area (Å²) in [5, 5.41) is 2.94. The monoisotopic (exact) mass is 366 g/mol. The Morgan fingerprint density at radius 3 is 2.70 bits per heavy atom. The van der Waals surface area contributed by atoms with Gasteiger partial charge in [0.05, 0.1) is 0 Å². The van der Waals surface area contributed by atoms with Crippen LogP contribution in [0.4, 0.5) is 0 Å². The molecule has 0 unspecified atom stereocenters. The lowest BCUT2D eigenvalue weighted by Crippen LogP contribution is -2.45. The zero-order valence-corrected chi connectivity index (χ0v) is 15.9. The number of ether oxygens (including phenoxy) is 1. The maximum Gasteiger partial charge on any atom is 0.257 e. The maximum absolute atomic E-state index is 12.1. The van der Waals surface area contributed by atoms with E-state index in [1.807, 2.05) is 0 Å². The first kappa shape index (κ1) is 19.1. The van der Waals surface area contributed by atoms with Crippen LogP contribution in [0.15, 0.2) is 48.5 Å². The van der Waals surface area contributed by atoms with E-state index in [9.17, 15) is 9.59 Å². The van der Waals surface area contributed by atoms with Crippen molar-refractivity contribution in [2.24, 2.45) is 0 Å². The van der Waals surface area contributed by atoms with E-state index in [-0.39, 0.29) is 24.3 Å². The number of Topliss-reactive ketones (excluding diaryl/α,β-unsaturated/α-hetero) is 1. The molecule has 5 heteroatoms. The number of nitrogens with zero attached hydrogens (tertiary/aromatic N) is 1. The van der Waals surface area contributed by atoms with Gasteiger partial charge >= 0.3 is 0 Å². The van der Waals surface area contributed by atoms with Crippen molar-refractivity contribution in [1.29, 1.82) is 0 Å². The van der Waals surface area contributed by atoms with Gasteiger partial charge in [-0.05, 0) is 43.5 Å². The van der Waals surface area contributed by atoms with Crippen LogP contribution in [0, 0.1) is 0 Å². The highest BCUT2D eigenvalue weighted by atomic mass is 16.5. The fraction of sp³-hybridized carbons (Fsp3) is 0.364. The van der Waals surface area contributed by atoms with Crippen molar-refractivity contribution in [2.75, 3.05) is 19.7 Å². The van der Waals surface area contributed by atoms with Crippen LogP contribution in [0.1, 0.15) is 35.3 Å². The van der Waals surface area contributed by atoms with Gasteiger partial charge in [0.15, 0.2) is 12.4 Å². The summed E-state index contributed by atoms with van der Waals surface area (Å²) in [5.41, 5.74) is 3.37. The predicted octanol–water partition coefficient (Wildman–Crippen LogP) is 2.83. The summed E-state index contributed by atoms with van der Waals surface area (Å²) < 4.78 is 5.51. The number of hydrogen-bond donors (Lipinski definition) is 1. The van der Waals surface area contributed by atoms with Crippen molar-refractivity contribution in [3.05, 3.63) is 65.2 Å². The second-order valence-corrected chi connectivity index (χ2v) is 7.01. The van der Waals surface area contributed by atoms with Crippen LogP contribution in [-0.2, 0) is 17.8 Å². The van der Waals surface area contributed by atoms with E-state index in [1.54, 1.807) is 24.3 Å². The van der Waals surface area contributed by atoms with E-state index < -0.39 is 0 Å². The number of carbonyl (C=O) groups is 2. The molecule has 0 bridgehead atoms. The lowest BCUT2D eigenvalue weighted by Gasteiger charge is -2.33. The van der Waals surface area contributed by atoms with Gasteiger partial charge in [-0.1, -0.05) is 36.4 Å². The molecular formula is C22H26N2O3. The number of amides is 1. The van der Waals surface area contributed by atoms with Crippen LogP contribution in [0.5, 0.6) is 5.75 Å². The van der Waals surface area contributed by atoms with E-state index >= 15 is 0 Å². The van der Waals surface area contributed by atoms with Gasteiger partial charge in [0.2, 0.25) is 0 Å². The molecule has 1 N–H and O–H groups in total. The maximum atomic E-state index is 12.1. The summed E-state index contributed by atoms with van der Waals surface area (Å²) in [7, 11) is 0. The molecule has 1 atom stereocenters. The summed E-state index contributed by atoms with van der Waals surface area (Å²) >= 11 is 0. The Hall–Kier alpha value is -2.66. The van der Waals surface area contributed by atoms with Crippen molar-refractivity contribution in [1.82, 2.24) is 10.2 Å². The van der Waals surface area contributed by atoms with Crippen LogP contribution >= 0.6 is 0 Å². The topological polar surface area (TPSA) is 58.6 Å². The highest BCUT2D eigenvalue weighted by molar-refractivity contribution is 5.94. The average Bonchev–Trinajstić information content (AvgIpc) is 2.70. The first-order chi connectivity index (χ1) is 13.0. The minimum absolute atomic E-state index is 0.0261. The molecule has 1 aliphatic heterocycles. The van der Waals surface area contributed by atoms with Gasteiger partial charge in [0.1, 0.15) is 5.75 Å². The Bertz CT molecular complexity index is 819. The fourth-order valence-electron chi connectivity index (χ4n) is 3.29. The molecule has 0 aliphatic carbocycles. The normalized spacial score (nSPS) is 14.9. The summed E-state index contributed by atoms with van der Waals surface area (Å²) in [6.45, 7) is 6.08. The van der Waals surface area contributed by atoms with Crippen LogP contribution in [-0.4, -0.2) is 42.3 Å². The molecule has 0 radical (unpaired) electrons. The molecule has 0 fully saturated rings. The van der Waals surface area contributed by atoms with Crippen molar-refractivity contribution in [3.8, 4) is 5.75 Å². The molecule has 0 saturated heterocycles. The van der Waals surface area contributed by atoms with Crippen molar-refractivity contribution in [2.45, 2.75) is 32.9 Å². The minimum atomic E-state index is -0.160. The number of ketones is 1. The van der Waals surface area contributed by atoms with Gasteiger partial charge in [0.25, 0.3) is 5.91 Å². The summed E-state index contributed by atoms with van der Waals surface area (Å²) in [6, 6.07) is 15.7. The van der Waals surface area contributed by atoms with Gasteiger partial charge in [-0.25, -0.2) is 0 Å². The molecule has 1 amide bonds. The van der Waals surface area contributed by atoms with E-state index in [0.29, 0.717) is 17.9 Å². The molecule has 3 rings (SSSR count). The number of hydrogen-bond acceptors (Lipinski definition) is 4. The standard InChI is InChI=1S/C22H26N2O3/c1-16(24-11-10-18-6-3-4-7-20(18)14-24)13-23-22(26)15-27-21-9-5-8-19(12-21)17(2)25/h3-9,12,16H,10-11,13-15H2,1-2H3,(H,23,26)/t16-/m0/s1. The molecule has 142 valence electrons. The molecule has 2 aromatic carbocycles. The number of fused-ring (bicyclic) bond motifs is 1. The Balaban J connectivity index is 1.44. The zero-order valence-electron chi connectivity index (χ0n) is 15.9. The van der Waals surface area contributed by atoms with Crippen molar-refractivity contribution < 1.29 is 14.3 Å². The number of nitrogens with one attached hydrogen (secondary N) is 1. The lowest BCUT2D eigenvalue weighted by atomic mass is 9.99. The molecular weight excluding hydrogens is 340 g/mol. The predicted molar refractivity (Wildman–Crippen MR) is 105 cm³/mol. The second kappa shape index (κ2) is 8.82. The number of carbonyl (C=O) groups excluding carboxylic acids is 2. The Morgan fingerprint density at radius 1 is 1.15 bits per heavy atom. The van der Waals surface area contributed by atoms with Gasteiger partial charge in [-0.15, -0.1) is 0 Å². The first-order valence-electron chi connectivity index (χ1n) is 9.34. The molecule has 5 nitrogen and oxygen atoms in total. The van der Waals surface area contributed by atoms with Crippen molar-refractivity contribution >= 4 is 11.7 Å². The Kier molecular flexibility index (Phi) is 6.24. The van der Waals surface area contributed by atoms with Gasteiger partial charge in [-0.3, -0.25) is 14.5 Å². The highest BCUT2D eigenvalue weighted by Gasteiger charge is 2.20. The lowest BCUT2D eigenvalue weighted by molar-refractivity contribution is -0.123. The van der Waals surface area contributed by atoms with Crippen LogP contribution < -0.4 is 10.1 Å². The summed E-state index contributed by atoms with van der Waals surface area (Å²) in [5.74, 6) is 0.341. The molecule has 2 aromatic rings. The Labute approximate surface area is 160 Å². The van der Waals surface area contributed by atoms with Crippen molar-refractivity contribution in [3.63, 3.8) is 0 Å². The highest BCUT2D eigenvalue weighted by Crippen LogP contribution is 2.20. The van der Waals surface area contributed by atoms with Crippen LogP contribution in [0.25, 0.3) is 0 Å². The molecule has 0 spiro atoms. The third-order valence-electron chi connectivity index (χ3n) is 4.99. The summed E-state index contributed by atoms with van der Waals surface area (Å²) in [4.78, 5) is 25.9. The van der Waals surface area contributed by atoms with E-state index in [2.05, 4.69) is 41.4 Å². The number of rotatable bonds is 7. The smallest absolute Gasteiger partial charge is 0.257 e. The molecule has 27 heavy (non-hydrogen) atoms. The summed E-state index contributed by atoms with van der Waals surface area (Å²) in [6.07, 6.45) is 1.05. The SMILES string of the molecule is CC(=O)c1cccc(OCC(=O)NC[C@H](C)N2CCc3ccccc3C2)c1. The first-order valence-corrected chi connectivity index (χ1v) is 9.34. The van der Waals surface area contributed by atoms with E-state index in [0.717, 1.165) is 19.5 Å². The quantitative estimate of drug-likeness (QED) is 0.766. The van der Waals surface area contributed by atoms with Crippen LogP contribution in [0.3, 0.4) is 0 Å². The molecule has 1 aliphatic rings. The number of benzene rings is 2. The minimum Gasteiger partial charge on any atom is -0.484 e. The third-order valence-corrected chi connectivity index (χ3v) is 4.99. The molecule has 1 heterocycles. The van der Waals surface area contributed by atoms with E-state index in [4.69, 9.17) is 4.74 Å². The largest absolute Gasteiger partial charge is 0.484 e. The van der Waals surface area contributed by atoms with E-state index in [1.165, 1.54) is 18.1 Å². The zero-order chi connectivity index (χ0) is 19.2. The van der Waals surface area contributed by atoms with Gasteiger partial charge in [-0.2, -0.15) is 0 Å². The fourth-order valence-corrected chi connectivity index (χ4v) is 3.29. The Morgan fingerprint density at radius 2 is 1.93 bits per heavy atom. The average molecular weight is 366 g/mol. The van der Waals surface area contributed by atoms with Gasteiger partial charge in [0, 0.05) is 31.2 Å². The third kappa shape index (κ3) is 5.17. The van der Waals surface area contributed by atoms with Gasteiger partial charge < -0.3 is 10.1 Å². The second-order valence-electron chi connectivity index (χ2n) is 7.01. The van der Waals surface area contributed by atoms with Crippen LogP contribution in [0.2, 0.25) is 0 Å².